The molecule has 0 amide bonds. The number of hydrogen-bond acceptors (Lipinski definition) is 2. The Morgan fingerprint density at radius 2 is 1.79 bits per heavy atom. The van der Waals surface area contributed by atoms with Gasteiger partial charge in [0.1, 0.15) is 6.61 Å². The second-order valence-electron chi connectivity index (χ2n) is 4.41. The number of halogens is 2. The summed E-state index contributed by atoms with van der Waals surface area (Å²) in [6.45, 7) is 0.303. The van der Waals surface area contributed by atoms with Gasteiger partial charge in [0.25, 0.3) is 0 Å². The fraction of sp³-hybridized carbons (Fsp3) is 0.200. The number of para-hydroxylation sites is 1. The zero-order valence-corrected chi connectivity index (χ0v) is 10.9. The SMILES string of the molecule is Fc1cccc(F)c1OCC1Cc2ccccc2S1. The number of benzene rings is 2. The van der Waals surface area contributed by atoms with Gasteiger partial charge in [0.05, 0.1) is 0 Å². The second kappa shape index (κ2) is 5.21. The third kappa shape index (κ3) is 2.59. The Balaban J connectivity index is 1.66. The zero-order chi connectivity index (χ0) is 13.2. The van der Waals surface area contributed by atoms with Gasteiger partial charge >= 0.3 is 0 Å². The number of rotatable bonds is 3. The van der Waals surface area contributed by atoms with E-state index in [2.05, 4.69) is 12.1 Å². The van der Waals surface area contributed by atoms with Crippen LogP contribution < -0.4 is 4.74 Å². The van der Waals surface area contributed by atoms with Gasteiger partial charge in [-0.3, -0.25) is 0 Å². The molecule has 2 aromatic carbocycles. The van der Waals surface area contributed by atoms with Crippen molar-refractivity contribution in [3.8, 4) is 5.75 Å². The monoisotopic (exact) mass is 278 g/mol. The summed E-state index contributed by atoms with van der Waals surface area (Å²) in [6, 6.07) is 11.9. The Hall–Kier alpha value is -1.55. The molecule has 1 nitrogen and oxygen atoms in total. The van der Waals surface area contributed by atoms with E-state index in [4.69, 9.17) is 4.74 Å². The van der Waals surface area contributed by atoms with Crippen LogP contribution in [-0.2, 0) is 6.42 Å². The molecule has 98 valence electrons. The third-order valence-electron chi connectivity index (χ3n) is 3.05. The third-order valence-corrected chi connectivity index (χ3v) is 4.33. The topological polar surface area (TPSA) is 9.23 Å². The first kappa shape index (κ1) is 12.5. The maximum atomic E-state index is 13.4. The van der Waals surface area contributed by atoms with Crippen molar-refractivity contribution in [3.63, 3.8) is 0 Å². The van der Waals surface area contributed by atoms with Crippen LogP contribution in [-0.4, -0.2) is 11.9 Å². The van der Waals surface area contributed by atoms with Crippen molar-refractivity contribution in [2.75, 3.05) is 6.61 Å². The molecule has 2 aromatic rings. The normalized spacial score (nSPS) is 17.3. The Morgan fingerprint density at radius 1 is 1.05 bits per heavy atom. The van der Waals surface area contributed by atoms with E-state index in [-0.39, 0.29) is 11.0 Å². The van der Waals surface area contributed by atoms with Gasteiger partial charge in [-0.1, -0.05) is 24.3 Å². The van der Waals surface area contributed by atoms with E-state index >= 15 is 0 Å². The zero-order valence-electron chi connectivity index (χ0n) is 10.1. The summed E-state index contributed by atoms with van der Waals surface area (Å²) in [5, 5.41) is 0.205. The molecule has 0 radical (unpaired) electrons. The molecule has 1 heterocycles. The minimum atomic E-state index is -0.652. The van der Waals surface area contributed by atoms with Gasteiger partial charge < -0.3 is 4.74 Å². The largest absolute Gasteiger partial charge is 0.486 e. The van der Waals surface area contributed by atoms with Gasteiger partial charge in [-0.25, -0.2) is 8.78 Å². The van der Waals surface area contributed by atoms with Crippen LogP contribution in [0.25, 0.3) is 0 Å². The smallest absolute Gasteiger partial charge is 0.190 e. The van der Waals surface area contributed by atoms with Gasteiger partial charge in [-0.15, -0.1) is 11.8 Å². The molecule has 0 saturated carbocycles. The summed E-state index contributed by atoms with van der Waals surface area (Å²) >= 11 is 1.70. The molecule has 0 bridgehead atoms. The van der Waals surface area contributed by atoms with Crippen LogP contribution in [0.15, 0.2) is 47.4 Å². The first-order chi connectivity index (χ1) is 9.24. The molecule has 0 saturated heterocycles. The van der Waals surface area contributed by atoms with Crippen LogP contribution in [0.3, 0.4) is 0 Å². The molecule has 4 heteroatoms. The highest BCUT2D eigenvalue weighted by Crippen LogP contribution is 2.37. The van der Waals surface area contributed by atoms with Gasteiger partial charge in [0, 0.05) is 10.1 Å². The van der Waals surface area contributed by atoms with E-state index in [0.717, 1.165) is 6.42 Å². The molecule has 0 aromatic heterocycles. The van der Waals surface area contributed by atoms with Crippen molar-refractivity contribution in [2.24, 2.45) is 0 Å². The average Bonchev–Trinajstić information content (AvgIpc) is 2.81. The second-order valence-corrected chi connectivity index (χ2v) is 5.76. The Morgan fingerprint density at radius 3 is 2.53 bits per heavy atom. The number of fused-ring (bicyclic) bond motifs is 1. The number of thioether (sulfide) groups is 1. The first-order valence-electron chi connectivity index (χ1n) is 6.05. The van der Waals surface area contributed by atoms with Crippen molar-refractivity contribution >= 4 is 11.8 Å². The van der Waals surface area contributed by atoms with E-state index in [0.29, 0.717) is 6.61 Å². The van der Waals surface area contributed by atoms with E-state index in [1.807, 2.05) is 12.1 Å². The summed E-state index contributed by atoms with van der Waals surface area (Å²) in [7, 11) is 0. The Labute approximate surface area is 114 Å². The van der Waals surface area contributed by atoms with E-state index < -0.39 is 11.6 Å². The van der Waals surface area contributed by atoms with E-state index in [1.54, 1.807) is 11.8 Å². The predicted molar refractivity (Wildman–Crippen MR) is 71.6 cm³/mol. The van der Waals surface area contributed by atoms with Gasteiger partial charge in [-0.05, 0) is 30.2 Å². The molecule has 3 rings (SSSR count). The van der Waals surface area contributed by atoms with Gasteiger partial charge in [0.2, 0.25) is 0 Å². The molecule has 1 atom stereocenters. The van der Waals surface area contributed by atoms with E-state index in [9.17, 15) is 8.78 Å². The lowest BCUT2D eigenvalue weighted by Gasteiger charge is -2.12. The quantitative estimate of drug-likeness (QED) is 0.837. The molecule has 0 aliphatic carbocycles. The minimum absolute atomic E-state index is 0.205. The lowest BCUT2D eigenvalue weighted by Crippen LogP contribution is -2.14. The average molecular weight is 278 g/mol. The maximum Gasteiger partial charge on any atom is 0.190 e. The lowest BCUT2D eigenvalue weighted by molar-refractivity contribution is 0.285. The van der Waals surface area contributed by atoms with Crippen molar-refractivity contribution in [3.05, 3.63) is 59.7 Å². The molecule has 1 unspecified atom stereocenters. The lowest BCUT2D eigenvalue weighted by atomic mass is 10.1. The summed E-state index contributed by atoms with van der Waals surface area (Å²) in [5.74, 6) is -1.58. The number of ether oxygens (including phenoxy) is 1. The van der Waals surface area contributed by atoms with Crippen LogP contribution in [0, 0.1) is 11.6 Å². The van der Waals surface area contributed by atoms with Crippen molar-refractivity contribution in [1.29, 1.82) is 0 Å². The van der Waals surface area contributed by atoms with E-state index in [1.165, 1.54) is 28.7 Å². The minimum Gasteiger partial charge on any atom is -0.486 e. The Bertz CT molecular complexity index is 555. The fourth-order valence-corrected chi connectivity index (χ4v) is 3.36. The van der Waals surface area contributed by atoms with Gasteiger partial charge in [-0.2, -0.15) is 0 Å². The molecule has 0 spiro atoms. The number of hydrogen-bond donors (Lipinski definition) is 0. The first-order valence-corrected chi connectivity index (χ1v) is 6.93. The van der Waals surface area contributed by atoms with Crippen molar-refractivity contribution in [2.45, 2.75) is 16.6 Å². The van der Waals surface area contributed by atoms with Gasteiger partial charge in [0.15, 0.2) is 17.4 Å². The highest BCUT2D eigenvalue weighted by molar-refractivity contribution is 8.00. The van der Waals surface area contributed by atoms with Crippen LogP contribution in [0.2, 0.25) is 0 Å². The molecule has 0 N–H and O–H groups in total. The van der Waals surface area contributed by atoms with Crippen molar-refractivity contribution in [1.82, 2.24) is 0 Å². The molecule has 0 fully saturated rings. The molecular formula is C15H12F2OS. The molecule has 1 aliphatic heterocycles. The fourth-order valence-electron chi connectivity index (χ4n) is 2.14. The molecule has 19 heavy (non-hydrogen) atoms. The maximum absolute atomic E-state index is 13.4. The van der Waals surface area contributed by atoms with Crippen LogP contribution in [0.1, 0.15) is 5.56 Å². The molecular weight excluding hydrogens is 266 g/mol. The highest BCUT2D eigenvalue weighted by Gasteiger charge is 2.23. The van der Waals surface area contributed by atoms with Crippen molar-refractivity contribution < 1.29 is 13.5 Å². The highest BCUT2D eigenvalue weighted by atomic mass is 32.2. The predicted octanol–water partition coefficient (Wildman–Crippen LogP) is 4.06. The summed E-state index contributed by atoms with van der Waals surface area (Å²) in [5.41, 5.74) is 1.27. The standard InChI is InChI=1S/C15H12F2OS/c16-12-5-3-6-13(17)15(12)18-9-11-8-10-4-1-2-7-14(10)19-11/h1-7,11H,8-9H2. The summed E-state index contributed by atoms with van der Waals surface area (Å²) < 4.78 is 32.1. The molecule has 1 aliphatic rings. The van der Waals surface area contributed by atoms with Crippen LogP contribution in [0.4, 0.5) is 8.78 Å². The Kier molecular flexibility index (Phi) is 3.42. The summed E-state index contributed by atoms with van der Waals surface area (Å²) in [6.07, 6.45) is 0.872. The van der Waals surface area contributed by atoms with Crippen LogP contribution in [0.5, 0.6) is 5.75 Å². The summed E-state index contributed by atoms with van der Waals surface area (Å²) in [4.78, 5) is 1.23. The van der Waals surface area contributed by atoms with Crippen LogP contribution >= 0.6 is 11.8 Å².